The van der Waals surface area contributed by atoms with Crippen LogP contribution in [-0.2, 0) is 16.1 Å². The number of aliphatic carboxylic acids is 1. The number of rotatable bonds is 10. The number of anilines is 1. The molecular weight excluding hydrogens is 482 g/mol. The Labute approximate surface area is 215 Å². The Hall–Kier alpha value is -3.63. The van der Waals surface area contributed by atoms with Crippen LogP contribution in [0.15, 0.2) is 36.4 Å². The van der Waals surface area contributed by atoms with Crippen molar-refractivity contribution < 1.29 is 14.7 Å². The van der Waals surface area contributed by atoms with E-state index < -0.39 is 12.0 Å². The van der Waals surface area contributed by atoms with Crippen molar-refractivity contribution in [1.82, 2.24) is 20.2 Å². The first kappa shape index (κ1) is 27.0. The van der Waals surface area contributed by atoms with Gasteiger partial charge in [-0.25, -0.2) is 4.98 Å². The van der Waals surface area contributed by atoms with Crippen LogP contribution in [0.5, 0.6) is 0 Å². The van der Waals surface area contributed by atoms with Crippen LogP contribution in [0, 0.1) is 12.3 Å². The number of benzene rings is 2. The van der Waals surface area contributed by atoms with Gasteiger partial charge in [0.15, 0.2) is 0 Å². The Morgan fingerprint density at radius 3 is 2.53 bits per heavy atom. The van der Waals surface area contributed by atoms with E-state index >= 15 is 0 Å². The maximum Gasteiger partial charge on any atom is 0.317 e. The Morgan fingerprint density at radius 1 is 1.19 bits per heavy atom. The van der Waals surface area contributed by atoms with Gasteiger partial charge in [0.2, 0.25) is 5.91 Å². The normalized spacial score (nSPS) is 13.9. The number of hydrogen-bond acceptors (Lipinski definition) is 6. The van der Waals surface area contributed by atoms with Gasteiger partial charge in [0.1, 0.15) is 11.7 Å². The van der Waals surface area contributed by atoms with Crippen LogP contribution in [0.25, 0.3) is 11.0 Å². The van der Waals surface area contributed by atoms with Crippen LogP contribution in [0.3, 0.4) is 0 Å². The number of carboxylic acids is 1. The second-order valence-electron chi connectivity index (χ2n) is 8.82. The van der Waals surface area contributed by atoms with Crippen LogP contribution in [0.2, 0.25) is 0 Å². The molecule has 0 saturated carbocycles. The number of aromatic amines is 1. The molecule has 2 heterocycles. The van der Waals surface area contributed by atoms with E-state index in [0.717, 1.165) is 59.6 Å². The number of likely N-dealkylation sites (tertiary alicyclic amines) is 1. The predicted molar refractivity (Wildman–Crippen MR) is 142 cm³/mol. The van der Waals surface area contributed by atoms with Crippen molar-refractivity contribution >= 4 is 46.8 Å². The first-order chi connectivity index (χ1) is 16.8. The molecule has 0 spiro atoms. The van der Waals surface area contributed by atoms with Crippen molar-refractivity contribution in [3.63, 3.8) is 0 Å². The zero-order chi connectivity index (χ0) is 24.9. The number of carboxylic acid groups (broad SMARTS) is 1. The zero-order valence-electron chi connectivity index (χ0n) is 20.1. The number of nitrogens with two attached hydrogens (primary N) is 1. The molecule has 0 unspecified atom stereocenters. The molecule has 1 aliphatic rings. The number of halogens is 1. The van der Waals surface area contributed by atoms with Gasteiger partial charge in [0.25, 0.3) is 0 Å². The highest BCUT2D eigenvalue weighted by atomic mass is 35.5. The molecule has 2 aromatic carbocycles. The SMILES string of the molecule is Cc1c([C@@H](CC(=O)N2CCCC2)NCC(=O)O)ccc2[nH]c(CNc3ccc(C(=N)N)cc3)nc12.Cl. The Balaban J connectivity index is 0.00000361. The maximum atomic E-state index is 12.8. The summed E-state index contributed by atoms with van der Waals surface area (Å²) in [5.74, 6) is -0.156. The number of hydrogen-bond donors (Lipinski definition) is 6. The van der Waals surface area contributed by atoms with Crippen LogP contribution in [0.1, 0.15) is 47.8 Å². The van der Waals surface area contributed by atoms with Crippen LogP contribution < -0.4 is 16.4 Å². The van der Waals surface area contributed by atoms with Crippen molar-refractivity contribution in [2.45, 2.75) is 38.8 Å². The minimum Gasteiger partial charge on any atom is -0.480 e. The molecule has 1 amide bonds. The van der Waals surface area contributed by atoms with Gasteiger partial charge in [-0.3, -0.25) is 20.3 Å². The van der Waals surface area contributed by atoms with Gasteiger partial charge in [0, 0.05) is 36.8 Å². The van der Waals surface area contributed by atoms with E-state index in [2.05, 4.69) is 15.6 Å². The second-order valence-corrected chi connectivity index (χ2v) is 8.82. The summed E-state index contributed by atoms with van der Waals surface area (Å²) < 4.78 is 0. The van der Waals surface area contributed by atoms with Gasteiger partial charge in [-0.2, -0.15) is 0 Å². The molecule has 192 valence electrons. The van der Waals surface area contributed by atoms with Crippen LogP contribution in [0.4, 0.5) is 5.69 Å². The number of H-pyrrole nitrogens is 1. The van der Waals surface area contributed by atoms with Crippen molar-refractivity contribution in [1.29, 1.82) is 5.41 Å². The molecular formula is C25H32ClN7O3. The molecule has 1 atom stereocenters. The van der Waals surface area contributed by atoms with Crippen molar-refractivity contribution in [2.24, 2.45) is 5.73 Å². The number of carbonyl (C=O) groups is 2. The highest BCUT2D eigenvalue weighted by molar-refractivity contribution is 5.95. The van der Waals surface area contributed by atoms with E-state index in [1.807, 2.05) is 36.1 Å². The van der Waals surface area contributed by atoms with Gasteiger partial charge < -0.3 is 26.0 Å². The van der Waals surface area contributed by atoms with Crippen LogP contribution >= 0.6 is 12.4 Å². The van der Waals surface area contributed by atoms with Crippen molar-refractivity contribution in [3.8, 4) is 0 Å². The standard InChI is InChI=1S/C25H31N7O3.ClH/c1-15-18(20(29-14-23(34)35)12-22(33)32-10-2-3-11-32)8-9-19-24(15)31-21(30-19)13-28-17-6-4-16(5-7-17)25(26)27;/h4-9,20,28-29H,2-3,10-14H2,1H3,(H3,26,27)(H,30,31)(H,34,35);1H/t20-;/m1./s1. The number of carbonyl (C=O) groups excluding carboxylic acids is 1. The molecule has 36 heavy (non-hydrogen) atoms. The largest absolute Gasteiger partial charge is 0.480 e. The lowest BCUT2D eigenvalue weighted by molar-refractivity contribution is -0.137. The van der Waals surface area contributed by atoms with E-state index in [-0.39, 0.29) is 37.1 Å². The van der Waals surface area contributed by atoms with Gasteiger partial charge in [-0.05, 0) is 61.2 Å². The third kappa shape index (κ3) is 6.32. The summed E-state index contributed by atoms with van der Waals surface area (Å²) in [6.07, 6.45) is 2.22. The molecule has 1 aliphatic heterocycles. The molecule has 11 heteroatoms. The predicted octanol–water partition coefficient (Wildman–Crippen LogP) is 2.92. The topological polar surface area (TPSA) is 160 Å². The minimum atomic E-state index is -0.966. The Kier molecular flexibility index (Phi) is 8.89. The Bertz CT molecular complexity index is 1240. The fourth-order valence-corrected chi connectivity index (χ4v) is 4.47. The molecule has 1 saturated heterocycles. The first-order valence-electron chi connectivity index (χ1n) is 11.7. The summed E-state index contributed by atoms with van der Waals surface area (Å²) in [5, 5.41) is 23.0. The average molecular weight is 514 g/mol. The molecule has 1 aromatic heterocycles. The summed E-state index contributed by atoms with van der Waals surface area (Å²) in [4.78, 5) is 34.0. The lowest BCUT2D eigenvalue weighted by atomic mass is 9.97. The summed E-state index contributed by atoms with van der Waals surface area (Å²) in [7, 11) is 0. The monoisotopic (exact) mass is 513 g/mol. The van der Waals surface area contributed by atoms with E-state index in [4.69, 9.17) is 16.1 Å². The number of nitrogens with zero attached hydrogens (tertiary/aromatic N) is 2. The number of nitrogen functional groups attached to an aromatic ring is 1. The lowest BCUT2D eigenvalue weighted by Crippen LogP contribution is -2.34. The molecule has 0 radical (unpaired) electrons. The number of aryl methyl sites for hydroxylation is 1. The highest BCUT2D eigenvalue weighted by Crippen LogP contribution is 2.28. The van der Waals surface area contributed by atoms with Crippen LogP contribution in [-0.4, -0.2) is 57.3 Å². The quantitative estimate of drug-likeness (QED) is 0.179. The first-order valence-corrected chi connectivity index (χ1v) is 11.7. The summed E-state index contributed by atoms with van der Waals surface area (Å²) in [6, 6.07) is 10.7. The minimum absolute atomic E-state index is 0. The maximum absolute atomic E-state index is 12.8. The fourth-order valence-electron chi connectivity index (χ4n) is 4.47. The van der Waals surface area contributed by atoms with E-state index in [0.29, 0.717) is 12.1 Å². The summed E-state index contributed by atoms with van der Waals surface area (Å²) in [6.45, 7) is 3.71. The third-order valence-corrected chi connectivity index (χ3v) is 6.37. The van der Waals surface area contributed by atoms with E-state index in [9.17, 15) is 14.7 Å². The van der Waals surface area contributed by atoms with Crippen molar-refractivity contribution in [2.75, 3.05) is 25.0 Å². The van der Waals surface area contributed by atoms with Gasteiger partial charge in [0.05, 0.1) is 24.1 Å². The Morgan fingerprint density at radius 2 is 1.89 bits per heavy atom. The number of fused-ring (bicyclic) bond motifs is 1. The number of amidine groups is 1. The molecule has 3 aromatic rings. The molecule has 0 aliphatic carbocycles. The summed E-state index contributed by atoms with van der Waals surface area (Å²) >= 11 is 0. The second kappa shape index (κ2) is 11.9. The van der Waals surface area contributed by atoms with E-state index in [1.165, 1.54) is 0 Å². The number of nitrogens with one attached hydrogen (secondary N) is 4. The summed E-state index contributed by atoms with van der Waals surface area (Å²) in [5.41, 5.74) is 10.5. The fraction of sp³-hybridized carbons (Fsp3) is 0.360. The van der Waals surface area contributed by atoms with Gasteiger partial charge in [-0.1, -0.05) is 6.07 Å². The smallest absolute Gasteiger partial charge is 0.317 e. The molecule has 0 bridgehead atoms. The number of imidazole rings is 1. The van der Waals surface area contributed by atoms with Crippen molar-refractivity contribution in [3.05, 3.63) is 58.9 Å². The van der Waals surface area contributed by atoms with Gasteiger partial charge >= 0.3 is 5.97 Å². The number of aromatic nitrogens is 2. The number of amides is 1. The van der Waals surface area contributed by atoms with Gasteiger partial charge in [-0.15, -0.1) is 12.4 Å². The third-order valence-electron chi connectivity index (χ3n) is 6.37. The highest BCUT2D eigenvalue weighted by Gasteiger charge is 2.25. The zero-order valence-corrected chi connectivity index (χ0v) is 21.0. The average Bonchev–Trinajstić information content (AvgIpc) is 3.51. The van der Waals surface area contributed by atoms with E-state index in [1.54, 1.807) is 12.1 Å². The molecule has 4 rings (SSSR count). The lowest BCUT2D eigenvalue weighted by Gasteiger charge is -2.23. The molecule has 1 fully saturated rings. The molecule has 7 N–H and O–H groups in total. The molecule has 10 nitrogen and oxygen atoms in total.